The van der Waals surface area contributed by atoms with Gasteiger partial charge in [-0.15, -0.1) is 0 Å². The number of carbonyl (C=O) groups excluding carboxylic acids is 12. The number of nitrogens with two attached hydrogens (primary N) is 4. The Bertz CT molecular complexity index is 4770. The van der Waals surface area contributed by atoms with Gasteiger partial charge in [0.1, 0.15) is 66.5 Å². The average molecular weight is 1760 g/mol. The molecule has 0 aliphatic carbocycles. The lowest BCUT2D eigenvalue weighted by Crippen LogP contribution is -2.62. The molecule has 44 heteroatoms. The maximum absolute atomic E-state index is 15.8. The Morgan fingerprint density at radius 3 is 0.984 bits per heavy atom. The second kappa shape index (κ2) is 46.7. The van der Waals surface area contributed by atoms with Crippen molar-refractivity contribution >= 4 is 138 Å². The lowest BCUT2D eigenvalue weighted by Gasteiger charge is -2.30. The molecule has 0 radical (unpaired) electrons. The molecule has 0 saturated carbocycles. The maximum Gasteiger partial charge on any atom is 0.254 e. The van der Waals surface area contributed by atoms with Crippen LogP contribution in [0.5, 0.6) is 0 Å². The lowest BCUT2D eigenvalue weighted by molar-refractivity contribution is -0.136. The molecule has 2 aliphatic rings. The van der Waals surface area contributed by atoms with Crippen LogP contribution < -0.4 is 108 Å². The molecule has 2 aliphatic heterocycles. The minimum atomic E-state index is -1.91. The van der Waals surface area contributed by atoms with Crippen LogP contribution in [0.15, 0.2) is 147 Å². The van der Waals surface area contributed by atoms with E-state index in [1.54, 1.807) is 122 Å². The summed E-state index contributed by atoms with van der Waals surface area (Å²) in [6.45, 7) is -0.0729. The van der Waals surface area contributed by atoms with Gasteiger partial charge >= 0.3 is 0 Å². The van der Waals surface area contributed by atoms with E-state index >= 15 is 57.5 Å². The van der Waals surface area contributed by atoms with Crippen LogP contribution >= 0.6 is 21.6 Å². The highest BCUT2D eigenvalue weighted by atomic mass is 33.1. The molecule has 664 valence electrons. The molecular formula is C81H106N30O12S2. The van der Waals surface area contributed by atoms with Gasteiger partial charge in [-0.2, -0.15) is 0 Å². The fourth-order valence-corrected chi connectivity index (χ4v) is 16.5. The number of aromatic nitrogens is 6. The van der Waals surface area contributed by atoms with Crippen LogP contribution in [0.1, 0.15) is 85.0 Å². The molecule has 6 heterocycles. The van der Waals surface area contributed by atoms with Crippen LogP contribution in [-0.4, -0.2) is 228 Å². The highest BCUT2D eigenvalue weighted by molar-refractivity contribution is 8.77. The quantitative estimate of drug-likeness (QED) is 0.0101. The Hall–Kier alpha value is -14.2. The number of nitrogens with one attached hydrogen (secondary N) is 24. The number of para-hydroxylation sites is 2. The second-order valence-corrected chi connectivity index (χ2v) is 32.4. The van der Waals surface area contributed by atoms with Gasteiger partial charge in [-0.05, 0) is 85.8 Å². The van der Waals surface area contributed by atoms with Crippen LogP contribution in [0, 0.1) is 21.6 Å². The highest BCUT2D eigenvalue weighted by Crippen LogP contribution is 2.29. The molecule has 12 amide bonds. The second-order valence-electron chi connectivity index (χ2n) is 29.9. The highest BCUT2D eigenvalue weighted by Gasteiger charge is 2.40. The van der Waals surface area contributed by atoms with Crippen molar-refractivity contribution in [3.63, 3.8) is 0 Å². The fourth-order valence-electron chi connectivity index (χ4n) is 14.1. The van der Waals surface area contributed by atoms with E-state index < -0.39 is 185 Å². The standard InChI is InChI=1S/C81H106N30O12S2/c82-78(83)92-27-11-23-54-65(112)106-60(33-46-37-96-52-21-9-7-19-50(46)52)71(118)102-56(25-13-29-94-80(86)87)67(114)110-64-41-124-125-77(76(123)109-63(36-49-40-91-43-99-49)74(121)105-59(70(117)101-54)32-45-17-5-2-6-18-45)111-68(115)57(26-14-30-95-81(88)89)103-72(119)61(34-47-38-97-53-22-10-8-20-51(47)53)107-66(113)55(24-12-28-93-79(84)85)100-69(116)58(31-44-15-3-1-4-16-44)104-73(120)62(108-75(64)122)35-48-39-90-42-98-48/h1-10,15-22,37-40,42-43,54-64,77,96-97H,11-14,23-36,41H2,(H,90,98)(H,91,99)(H,100,116)(H,101,117)(H,102,118)(H,103,119)(H,104,120)(H,105,121)(H,106,112)(H,107,113)(H,108,122)(H,109,123)(H,110,114)(H,111,115)(H4,82,83,92)(H4,84,85,93)(H4,86,87,94)(H4,88,89,95)/t54-,55-,56-,57-,58+,59+,60-,61-,62-,63-,64?,77-/m0/s1. The summed E-state index contributed by atoms with van der Waals surface area (Å²) >= 11 is 0. The van der Waals surface area contributed by atoms with Crippen molar-refractivity contribution in [3.8, 4) is 0 Å². The summed E-state index contributed by atoms with van der Waals surface area (Å²) in [6, 6.07) is 13.1. The molecule has 0 spiro atoms. The first-order valence-corrected chi connectivity index (χ1v) is 43.0. The molecule has 4 aromatic carbocycles. The largest absolute Gasteiger partial charge is 0.370 e. The van der Waals surface area contributed by atoms with Gasteiger partial charge in [-0.25, -0.2) is 9.97 Å². The zero-order chi connectivity index (χ0) is 89.3. The summed E-state index contributed by atoms with van der Waals surface area (Å²) in [6.07, 6.45) is 6.12. The van der Waals surface area contributed by atoms with Crippen molar-refractivity contribution in [1.29, 1.82) is 21.6 Å². The summed E-state index contributed by atoms with van der Waals surface area (Å²) in [5.74, 6) is -14.3. The van der Waals surface area contributed by atoms with E-state index in [-0.39, 0.29) is 115 Å². The minimum absolute atomic E-state index is 0.00876. The molecule has 2 bridgehead atoms. The number of benzene rings is 4. The van der Waals surface area contributed by atoms with Crippen molar-refractivity contribution in [1.82, 2.24) is 115 Å². The summed E-state index contributed by atoms with van der Waals surface area (Å²) < 4.78 is 0. The molecule has 32 N–H and O–H groups in total. The molecule has 10 rings (SSSR count). The number of nitrogens with zero attached hydrogens (tertiary/aromatic N) is 2. The van der Waals surface area contributed by atoms with Crippen LogP contribution in [-0.2, 0) is 96.1 Å². The SMILES string of the molecule is N=C(N)NCCC[C@@H]1NC(=O)[C@H](Cc2c[nH]c3ccccc23)NC(=O)[C@H](CCCNC(=N)N)NC(=O)[C@@H](Cc2ccccc2)NC(=O)[C@H](Cc2c[nH]cn2)NC(=O)[C@H]2NC(=O)[C@H](CCCNC(=N)N)NC(=O)[C@H](Cc3c[nH]c4ccccc34)NC(=O)[C@H](CCCNC(=N)N)NC(=O)[C@@H](Cc3ccccc3)NC(=O)[C@H](Cc3c[nH]cn3)NC(=O)C(CSS2)NC1=O. The summed E-state index contributed by atoms with van der Waals surface area (Å²) in [4.78, 5) is 208. The van der Waals surface area contributed by atoms with Crippen LogP contribution in [0.4, 0.5) is 0 Å². The zero-order valence-electron chi connectivity index (χ0n) is 68.1. The number of imidazole rings is 2. The summed E-state index contributed by atoms with van der Waals surface area (Å²) in [7, 11) is 1.28. The zero-order valence-corrected chi connectivity index (χ0v) is 69.8. The molecule has 2 saturated heterocycles. The summed E-state index contributed by atoms with van der Waals surface area (Å²) in [5, 5.41) is 75.1. The summed E-state index contributed by atoms with van der Waals surface area (Å²) in [5.41, 5.74) is 26.6. The maximum atomic E-state index is 15.8. The first-order chi connectivity index (χ1) is 60.2. The number of hydrogen-bond donors (Lipinski definition) is 28. The third-order valence-electron chi connectivity index (χ3n) is 20.5. The molecule has 12 atom stereocenters. The van der Waals surface area contributed by atoms with Crippen molar-refractivity contribution in [2.24, 2.45) is 22.9 Å². The predicted molar refractivity (Wildman–Crippen MR) is 469 cm³/mol. The van der Waals surface area contributed by atoms with E-state index in [9.17, 15) is 0 Å². The molecule has 1 unspecified atom stereocenters. The van der Waals surface area contributed by atoms with Gasteiger partial charge in [0, 0.05) is 117 Å². The van der Waals surface area contributed by atoms with Gasteiger partial charge in [-0.1, -0.05) is 119 Å². The first kappa shape index (κ1) is 93.1. The van der Waals surface area contributed by atoms with Crippen molar-refractivity contribution < 1.29 is 57.5 Å². The number of hydrogen-bond acceptors (Lipinski definition) is 20. The van der Waals surface area contributed by atoms with Crippen molar-refractivity contribution in [2.75, 3.05) is 31.9 Å². The van der Waals surface area contributed by atoms with Crippen LogP contribution in [0.2, 0.25) is 0 Å². The van der Waals surface area contributed by atoms with E-state index in [0.29, 0.717) is 65.6 Å². The predicted octanol–water partition coefficient (Wildman–Crippen LogP) is -2.91. The number of amides is 12. The topological polar surface area (TPSA) is 686 Å². The van der Waals surface area contributed by atoms with Crippen LogP contribution in [0.3, 0.4) is 0 Å². The van der Waals surface area contributed by atoms with Crippen molar-refractivity contribution in [3.05, 3.63) is 180 Å². The van der Waals surface area contributed by atoms with Gasteiger partial charge in [0.15, 0.2) is 29.2 Å². The Kier molecular flexibility index (Phi) is 34.8. The van der Waals surface area contributed by atoms with Gasteiger partial charge in [0.2, 0.25) is 65.0 Å². The number of fused-ring (bicyclic) bond motifs is 6. The fraction of sp³-hybridized carbons (Fsp3) is 0.383. The average Bonchev–Trinajstić information content (AvgIpc) is 1.35. The number of guanidine groups is 4. The van der Waals surface area contributed by atoms with Crippen molar-refractivity contribution in [2.45, 2.75) is 162 Å². The Morgan fingerprint density at radius 2 is 0.632 bits per heavy atom. The van der Waals surface area contributed by atoms with E-state index in [1.807, 2.05) is 0 Å². The third-order valence-corrected chi connectivity index (χ3v) is 23.0. The third kappa shape index (κ3) is 29.0. The van der Waals surface area contributed by atoms with E-state index in [0.717, 1.165) is 0 Å². The Morgan fingerprint density at radius 1 is 0.336 bits per heavy atom. The normalized spacial score (nSPS) is 22.2. The molecule has 125 heavy (non-hydrogen) atoms. The van der Waals surface area contributed by atoms with Gasteiger partial charge in [0.25, 0.3) is 5.91 Å². The number of H-pyrrole nitrogens is 4. The molecular weight excluding hydrogens is 1650 g/mol. The molecule has 2 fully saturated rings. The molecule has 4 aromatic heterocycles. The Labute approximate surface area is 725 Å². The van der Waals surface area contributed by atoms with Gasteiger partial charge in [-0.3, -0.25) is 79.2 Å². The van der Waals surface area contributed by atoms with E-state index in [1.165, 1.54) is 25.0 Å². The molecule has 42 nitrogen and oxygen atoms in total. The van der Waals surface area contributed by atoms with E-state index in [4.69, 9.17) is 44.6 Å². The van der Waals surface area contributed by atoms with Gasteiger partial charge < -0.3 is 128 Å². The van der Waals surface area contributed by atoms with Crippen LogP contribution in [0.25, 0.3) is 21.8 Å². The van der Waals surface area contributed by atoms with E-state index in [2.05, 4.69) is 115 Å². The number of aromatic amines is 4. The number of carbonyl (C=O) groups is 12. The Balaban J connectivity index is 1.14. The number of rotatable bonds is 28. The monoisotopic (exact) mass is 1750 g/mol. The smallest absolute Gasteiger partial charge is 0.254 e. The molecule has 8 aromatic rings. The lowest BCUT2D eigenvalue weighted by atomic mass is 10.0. The minimum Gasteiger partial charge on any atom is -0.370 e. The van der Waals surface area contributed by atoms with Gasteiger partial charge in [0.05, 0.1) is 24.0 Å². The first-order valence-electron chi connectivity index (χ1n) is 40.6.